The second kappa shape index (κ2) is 35.0. The van der Waals surface area contributed by atoms with Crippen molar-refractivity contribution in [1.29, 1.82) is 0 Å². The Balaban J connectivity index is 0.000000148. The molecule has 9 heterocycles. The van der Waals surface area contributed by atoms with Gasteiger partial charge in [0.2, 0.25) is 0 Å². The highest BCUT2D eigenvalue weighted by Crippen LogP contribution is 2.49. The van der Waals surface area contributed by atoms with Gasteiger partial charge in [-0.25, -0.2) is 29.3 Å². The molecule has 0 spiro atoms. The molecule has 3 aromatic carbocycles. The summed E-state index contributed by atoms with van der Waals surface area (Å²) in [5, 5.41) is 10.2. The monoisotopic (exact) mass is 1580 g/mol. The first-order valence-electron chi connectivity index (χ1n) is 37.6. The standard InChI is InChI=1S/C28H33ClN6O2.2C27H29ClN8O2/c1-28(2,3)37-27(36)35-12-10-34(11-13-35)26-20-8-7-19(29)15-21(20)22(14-18-6-5-9-32-25(18)26)24(30)23-16-31-17-33(23)4;2*1-17(2)38-27(37)36-11-9-35(10-12-36)26-20-7-6-19(28)14-21(20)22(13-18-5-4-8-31-24(18)26)25(32-33-29)23-15-30-16-34(23)3/h5-9,14-17,24,26H,10-13,30H2,1-4H3;2*4-8,13-17,25-26H,9-12H2,1-3H3/t24?,26-;2*25?,26-/m000/s1. The zero-order valence-corrected chi connectivity index (χ0v) is 67.0. The fraction of sp³-hybridized carbons (Fsp3) is 0.378. The molecule has 9 aromatic rings. The van der Waals surface area contributed by atoms with E-state index in [2.05, 4.69) is 67.9 Å². The SMILES string of the molecule is CC(C)OC(=O)N1CCN([C@H]2c3ccc(Cl)cc3C(C(N=[N+]=[N-])c3cncn3C)=Cc3cccnc32)CC1.CC(C)OC(=O)N1CCN([C@H]2c3ccc(Cl)cc3C(C(N=[N+]=[N-])c3cncn3C)=Cc3cccnc32)CC1.Cn1cncc1C(N)C1=Cc2cccnc2[C@@H](N2CCN(C(=O)OC(C)(C)C)CC2)c2ccc(Cl)cc21. The van der Waals surface area contributed by atoms with E-state index < -0.39 is 23.7 Å². The van der Waals surface area contributed by atoms with Crippen LogP contribution in [0, 0.1) is 0 Å². The van der Waals surface area contributed by atoms with Crippen molar-refractivity contribution < 1.29 is 28.6 Å². The molecule has 28 nitrogen and oxygen atoms in total. The lowest BCUT2D eigenvalue weighted by Gasteiger charge is -2.40. The third-order valence-electron chi connectivity index (χ3n) is 20.8. The number of azide groups is 2. The van der Waals surface area contributed by atoms with Gasteiger partial charge in [0.15, 0.2) is 0 Å². The molecule has 31 heteroatoms. The van der Waals surface area contributed by atoms with Gasteiger partial charge in [0, 0.05) is 156 Å². The van der Waals surface area contributed by atoms with Crippen LogP contribution >= 0.6 is 34.8 Å². The summed E-state index contributed by atoms with van der Waals surface area (Å²) in [7, 11) is 5.70. The molecule has 113 heavy (non-hydrogen) atoms. The van der Waals surface area contributed by atoms with Gasteiger partial charge in [-0.3, -0.25) is 29.7 Å². The number of benzene rings is 3. The van der Waals surface area contributed by atoms with Gasteiger partial charge in [0.25, 0.3) is 0 Å². The number of carbonyl (C=O) groups is 3. The number of hydrogen-bond acceptors (Lipinski definition) is 18. The average Bonchev–Trinajstić information content (AvgIpc) is 1.64. The molecule has 586 valence electrons. The maximum absolute atomic E-state index is 12.7. The van der Waals surface area contributed by atoms with Gasteiger partial charge in [0.05, 0.1) is 95.7 Å². The molecule has 6 aromatic heterocycles. The quantitative estimate of drug-likeness (QED) is 0.0485. The first kappa shape index (κ1) is 80.2. The predicted octanol–water partition coefficient (Wildman–Crippen LogP) is 15.9. The second-order valence-electron chi connectivity index (χ2n) is 30.0. The van der Waals surface area contributed by atoms with Crippen LogP contribution < -0.4 is 5.73 Å². The number of aromatic nitrogens is 9. The number of nitrogens with zero attached hydrogens (tertiary/aromatic N) is 21. The second-order valence-corrected chi connectivity index (χ2v) is 31.3. The summed E-state index contributed by atoms with van der Waals surface area (Å²) in [5.41, 5.74) is 42.0. The number of imidazole rings is 3. The number of rotatable bonds is 13. The molecule has 6 atom stereocenters. The smallest absolute Gasteiger partial charge is 0.410 e. The van der Waals surface area contributed by atoms with Crippen LogP contribution in [0.3, 0.4) is 0 Å². The van der Waals surface area contributed by atoms with E-state index in [-0.39, 0.29) is 48.6 Å². The Morgan fingerprint density at radius 1 is 0.478 bits per heavy atom. The maximum atomic E-state index is 12.7. The molecule has 3 saturated heterocycles. The number of aryl methyl sites for hydroxylation is 3. The third-order valence-corrected chi connectivity index (χ3v) is 21.5. The Labute approximate surface area is 671 Å². The van der Waals surface area contributed by atoms with Crippen LogP contribution in [0.25, 0.3) is 55.8 Å². The van der Waals surface area contributed by atoms with Gasteiger partial charge in [-0.2, -0.15) is 0 Å². The van der Waals surface area contributed by atoms with Crippen LogP contribution in [0.5, 0.6) is 0 Å². The number of amides is 3. The van der Waals surface area contributed by atoms with Crippen LogP contribution in [0.1, 0.15) is 169 Å². The minimum Gasteiger partial charge on any atom is -0.447 e. The molecule has 0 radical (unpaired) electrons. The highest BCUT2D eigenvalue weighted by molar-refractivity contribution is 6.31. The summed E-state index contributed by atoms with van der Waals surface area (Å²) in [6.45, 7) is 20.4. The Morgan fingerprint density at radius 2 is 0.796 bits per heavy atom. The summed E-state index contributed by atoms with van der Waals surface area (Å²) in [6.07, 6.45) is 20.8. The first-order valence-corrected chi connectivity index (χ1v) is 38.7. The summed E-state index contributed by atoms with van der Waals surface area (Å²) in [6, 6.07) is 27.4. The Morgan fingerprint density at radius 3 is 1.11 bits per heavy atom. The molecule has 3 aliphatic heterocycles. The molecule has 3 aliphatic carbocycles. The highest BCUT2D eigenvalue weighted by Gasteiger charge is 2.41. The molecule has 3 unspecified atom stereocenters. The lowest BCUT2D eigenvalue weighted by atomic mass is 9.90. The van der Waals surface area contributed by atoms with Crippen molar-refractivity contribution in [3.63, 3.8) is 0 Å². The Hall–Kier alpha value is -10.9. The summed E-state index contributed by atoms with van der Waals surface area (Å²) >= 11 is 19.6. The van der Waals surface area contributed by atoms with Gasteiger partial charge < -0.3 is 48.3 Å². The Kier molecular flexibility index (Phi) is 24.8. The van der Waals surface area contributed by atoms with Crippen molar-refractivity contribution in [2.45, 2.75) is 103 Å². The van der Waals surface area contributed by atoms with Gasteiger partial charge in [-0.1, -0.05) is 81.4 Å². The zero-order chi connectivity index (χ0) is 79.9. The molecule has 0 bridgehead atoms. The van der Waals surface area contributed by atoms with E-state index in [9.17, 15) is 25.4 Å². The lowest BCUT2D eigenvalue weighted by molar-refractivity contribution is 0.0117. The van der Waals surface area contributed by atoms with E-state index in [1.165, 1.54) is 0 Å². The molecule has 15 rings (SSSR count). The third kappa shape index (κ3) is 17.8. The molecular formula is C82H91Cl3N22O6. The van der Waals surface area contributed by atoms with E-state index in [0.29, 0.717) is 93.6 Å². The number of piperazine rings is 3. The Bertz CT molecular complexity index is 4970. The maximum Gasteiger partial charge on any atom is 0.410 e. The van der Waals surface area contributed by atoms with E-state index in [1.54, 1.807) is 64.7 Å². The number of fused-ring (bicyclic) bond motifs is 6. The van der Waals surface area contributed by atoms with Crippen molar-refractivity contribution in [1.82, 2.24) is 73.0 Å². The molecule has 3 fully saturated rings. The van der Waals surface area contributed by atoms with Gasteiger partial charge >= 0.3 is 18.3 Å². The van der Waals surface area contributed by atoms with Crippen molar-refractivity contribution in [3.8, 4) is 0 Å². The van der Waals surface area contributed by atoms with Gasteiger partial charge in [0.1, 0.15) is 17.7 Å². The number of ether oxygens (including phenoxy) is 3. The normalized spacial score (nSPS) is 18.4. The summed E-state index contributed by atoms with van der Waals surface area (Å²) < 4.78 is 22.1. The first-order chi connectivity index (χ1) is 54.4. The zero-order valence-electron chi connectivity index (χ0n) is 64.7. The van der Waals surface area contributed by atoms with E-state index in [4.69, 9.17) is 69.7 Å². The van der Waals surface area contributed by atoms with Crippen LogP contribution in [-0.4, -0.2) is 188 Å². The topological polar surface area (TPSA) is 314 Å². The average molecular weight is 1590 g/mol. The van der Waals surface area contributed by atoms with Crippen molar-refractivity contribution in [2.24, 2.45) is 37.1 Å². The molecular weight excluding hydrogens is 1500 g/mol. The molecule has 3 amide bonds. The number of hydrogen-bond donors (Lipinski definition) is 1. The van der Waals surface area contributed by atoms with E-state index in [1.807, 2.05) is 181 Å². The highest BCUT2D eigenvalue weighted by atomic mass is 35.5. The van der Waals surface area contributed by atoms with Gasteiger partial charge in [-0.15, -0.1) is 0 Å². The lowest BCUT2D eigenvalue weighted by Crippen LogP contribution is -2.51. The van der Waals surface area contributed by atoms with Crippen molar-refractivity contribution in [2.75, 3.05) is 78.5 Å². The number of nitrogens with two attached hydrogens (primary N) is 1. The van der Waals surface area contributed by atoms with E-state index >= 15 is 0 Å². The fourth-order valence-corrected chi connectivity index (χ4v) is 16.0. The van der Waals surface area contributed by atoms with Gasteiger partial charge in [-0.05, 0) is 199 Å². The minimum atomic E-state index is -0.626. The van der Waals surface area contributed by atoms with Crippen LogP contribution in [0.4, 0.5) is 14.4 Å². The van der Waals surface area contributed by atoms with Crippen LogP contribution in [0.15, 0.2) is 157 Å². The fourth-order valence-electron chi connectivity index (χ4n) is 15.5. The number of pyridine rings is 3. The summed E-state index contributed by atoms with van der Waals surface area (Å²) in [5.74, 6) is 0. The minimum absolute atomic E-state index is 0.114. The van der Waals surface area contributed by atoms with Crippen LogP contribution in [-0.2, 0) is 35.4 Å². The number of halogens is 3. The number of carbonyl (C=O) groups excluding carboxylic acids is 3. The molecule has 0 saturated carbocycles. The predicted molar refractivity (Wildman–Crippen MR) is 435 cm³/mol. The largest absolute Gasteiger partial charge is 0.447 e. The molecule has 2 N–H and O–H groups in total. The van der Waals surface area contributed by atoms with Crippen LogP contribution in [0.2, 0.25) is 15.1 Å². The molecule has 6 aliphatic rings. The van der Waals surface area contributed by atoms with Crippen molar-refractivity contribution in [3.05, 3.63) is 267 Å². The summed E-state index contributed by atoms with van der Waals surface area (Å²) in [4.78, 5) is 83.6. The van der Waals surface area contributed by atoms with E-state index in [0.717, 1.165) is 101 Å². The van der Waals surface area contributed by atoms with Crippen molar-refractivity contribution >= 4 is 88.0 Å².